The number of aryl methyl sites for hydroxylation is 1. The fraction of sp³-hybridized carbons (Fsp3) is 0.500. The molecular formula is C26H29F4N7S. The smallest absolute Gasteiger partial charge is 0.256 e. The van der Waals surface area contributed by atoms with E-state index in [4.69, 9.17) is 12.6 Å². The molecule has 2 atom stereocenters. The molecule has 38 heavy (non-hydrogen) atoms. The predicted molar refractivity (Wildman–Crippen MR) is 141 cm³/mol. The third-order valence-electron chi connectivity index (χ3n) is 8.02. The zero-order valence-electron chi connectivity index (χ0n) is 21.1. The van der Waals surface area contributed by atoms with Crippen molar-refractivity contribution in [2.45, 2.75) is 63.4 Å². The molecule has 6 rings (SSSR count). The lowest BCUT2D eigenvalue weighted by Gasteiger charge is -2.51. The lowest BCUT2D eigenvalue weighted by molar-refractivity contribution is 0.0532. The van der Waals surface area contributed by atoms with Gasteiger partial charge in [-0.25, -0.2) is 32.0 Å². The molecule has 0 radical (unpaired) electrons. The largest absolute Gasteiger partial charge is 0.350 e. The van der Waals surface area contributed by atoms with Gasteiger partial charge in [0.15, 0.2) is 11.6 Å². The summed E-state index contributed by atoms with van der Waals surface area (Å²) in [4.78, 5) is 11.0. The maximum absolute atomic E-state index is 15.3. The molecule has 1 aromatic carbocycles. The highest BCUT2D eigenvalue weighted by Crippen LogP contribution is 2.43. The fourth-order valence-electron chi connectivity index (χ4n) is 5.83. The molecule has 1 aliphatic heterocycles. The normalized spacial score (nSPS) is 21.9. The predicted octanol–water partition coefficient (Wildman–Crippen LogP) is 5.53. The summed E-state index contributed by atoms with van der Waals surface area (Å²) in [5.74, 6) is -0.591. The third-order valence-corrected chi connectivity index (χ3v) is 8.75. The third kappa shape index (κ3) is 4.31. The first-order chi connectivity index (χ1) is 18.1. The number of likely N-dealkylation sites (tertiary alicyclic amines) is 1. The average Bonchev–Trinajstić information content (AvgIpc) is 3.39. The van der Waals surface area contributed by atoms with Crippen LogP contribution in [-0.4, -0.2) is 59.5 Å². The van der Waals surface area contributed by atoms with E-state index in [2.05, 4.69) is 32.2 Å². The molecule has 1 N–H and O–H groups in total. The van der Waals surface area contributed by atoms with Gasteiger partial charge in [0.1, 0.15) is 5.52 Å². The summed E-state index contributed by atoms with van der Waals surface area (Å²) in [6.45, 7) is 5.17. The first-order valence-corrected chi connectivity index (χ1v) is 13.3. The summed E-state index contributed by atoms with van der Waals surface area (Å²) < 4.78 is 58.8. The number of imidazole rings is 1. The standard InChI is InChI=1S/C26H29F4N7S/c1-14-10-36(26(38)5-3-6-26)7-4-19(14)33-25-32-15(2)24-22(18(28)11-37(24)34-25)16-8-17(27)23-20(9-16)35(13-31-23)12-21(29)30/h8-9,11,13-14,19,21,38H,3-7,10,12H2,1-2H3,(H,33,34)/t14-,19?/m0/s1. The number of aromatic nitrogens is 5. The number of halogens is 4. The van der Waals surface area contributed by atoms with Crippen LogP contribution in [-0.2, 0) is 6.54 Å². The summed E-state index contributed by atoms with van der Waals surface area (Å²) in [7, 11) is 0. The Morgan fingerprint density at radius 1 is 1.21 bits per heavy atom. The van der Waals surface area contributed by atoms with Crippen molar-refractivity contribution in [3.05, 3.63) is 42.0 Å². The number of hydrogen-bond acceptors (Lipinski definition) is 6. The molecule has 0 spiro atoms. The van der Waals surface area contributed by atoms with Crippen molar-refractivity contribution < 1.29 is 17.6 Å². The molecule has 1 aliphatic carbocycles. The Labute approximate surface area is 222 Å². The lowest BCUT2D eigenvalue weighted by Crippen LogP contribution is -2.56. The van der Waals surface area contributed by atoms with Crippen LogP contribution < -0.4 is 5.32 Å². The number of rotatable bonds is 6. The molecule has 2 fully saturated rings. The second-order valence-corrected chi connectivity index (χ2v) is 11.4. The Morgan fingerprint density at radius 3 is 2.68 bits per heavy atom. The fourth-order valence-corrected chi connectivity index (χ4v) is 6.33. The quantitative estimate of drug-likeness (QED) is 0.246. The van der Waals surface area contributed by atoms with Crippen LogP contribution in [0.5, 0.6) is 0 Å². The Morgan fingerprint density at radius 2 is 2.00 bits per heavy atom. The second kappa shape index (κ2) is 9.41. The highest BCUT2D eigenvalue weighted by molar-refractivity contribution is 7.81. The molecule has 4 aromatic rings. The van der Waals surface area contributed by atoms with Gasteiger partial charge in [-0.05, 0) is 56.2 Å². The van der Waals surface area contributed by atoms with Crippen molar-refractivity contribution in [3.63, 3.8) is 0 Å². The van der Waals surface area contributed by atoms with Crippen molar-refractivity contribution in [3.8, 4) is 11.1 Å². The van der Waals surface area contributed by atoms with Gasteiger partial charge in [0.2, 0.25) is 5.95 Å². The topological polar surface area (TPSA) is 63.3 Å². The average molecular weight is 548 g/mol. The second-order valence-electron chi connectivity index (χ2n) is 10.6. The molecule has 0 amide bonds. The van der Waals surface area contributed by atoms with E-state index < -0.39 is 24.6 Å². The Balaban J connectivity index is 1.30. The van der Waals surface area contributed by atoms with E-state index in [0.29, 0.717) is 23.1 Å². The molecular weight excluding hydrogens is 518 g/mol. The van der Waals surface area contributed by atoms with Crippen LogP contribution in [0.25, 0.3) is 27.7 Å². The molecule has 4 heterocycles. The summed E-state index contributed by atoms with van der Waals surface area (Å²) >= 11 is 4.90. The zero-order chi connectivity index (χ0) is 26.8. The Bertz CT molecular complexity index is 1510. The minimum atomic E-state index is -2.64. The first-order valence-electron chi connectivity index (χ1n) is 12.9. The number of anilines is 1. The molecule has 1 saturated carbocycles. The van der Waals surface area contributed by atoms with Gasteiger partial charge in [-0.1, -0.05) is 6.92 Å². The Kier molecular flexibility index (Phi) is 6.29. The number of nitrogens with zero attached hydrogens (tertiary/aromatic N) is 6. The SMILES string of the molecule is Cc1nc(NC2CCN(C3(S)CCC3)C[C@@H]2C)nn2cc(F)c(-c3cc(F)c4ncn(CC(F)F)c4c3)c12. The maximum Gasteiger partial charge on any atom is 0.256 e. The molecule has 1 saturated heterocycles. The van der Waals surface area contributed by atoms with Gasteiger partial charge in [0.25, 0.3) is 6.43 Å². The molecule has 202 valence electrons. The van der Waals surface area contributed by atoms with Crippen molar-refractivity contribution in [2.75, 3.05) is 18.4 Å². The van der Waals surface area contributed by atoms with Crippen LogP contribution >= 0.6 is 12.6 Å². The van der Waals surface area contributed by atoms with Gasteiger partial charge in [0.05, 0.1) is 40.7 Å². The first kappa shape index (κ1) is 25.4. The lowest BCUT2D eigenvalue weighted by atomic mass is 9.85. The van der Waals surface area contributed by atoms with Gasteiger partial charge in [-0.3, -0.25) is 4.90 Å². The van der Waals surface area contributed by atoms with Crippen LogP contribution in [0.15, 0.2) is 24.7 Å². The van der Waals surface area contributed by atoms with Gasteiger partial charge in [-0.15, -0.1) is 5.10 Å². The number of piperidine rings is 1. The van der Waals surface area contributed by atoms with Crippen LogP contribution in [0.2, 0.25) is 0 Å². The molecule has 3 aromatic heterocycles. The van der Waals surface area contributed by atoms with Crippen LogP contribution in [0.1, 0.15) is 38.3 Å². The summed E-state index contributed by atoms with van der Waals surface area (Å²) in [5.41, 5.74) is 1.34. The van der Waals surface area contributed by atoms with E-state index in [1.54, 1.807) is 6.92 Å². The van der Waals surface area contributed by atoms with Crippen molar-refractivity contribution in [1.29, 1.82) is 0 Å². The number of nitrogens with one attached hydrogen (secondary N) is 1. The van der Waals surface area contributed by atoms with Gasteiger partial charge in [0, 0.05) is 24.7 Å². The van der Waals surface area contributed by atoms with Crippen LogP contribution in [0, 0.1) is 24.5 Å². The number of hydrogen-bond donors (Lipinski definition) is 2. The van der Waals surface area contributed by atoms with Crippen molar-refractivity contribution in [1.82, 2.24) is 29.0 Å². The van der Waals surface area contributed by atoms with Gasteiger partial charge in [-0.2, -0.15) is 12.6 Å². The number of alkyl halides is 2. The number of benzene rings is 1. The van der Waals surface area contributed by atoms with E-state index in [1.807, 2.05) is 0 Å². The van der Waals surface area contributed by atoms with E-state index >= 15 is 4.39 Å². The summed E-state index contributed by atoms with van der Waals surface area (Å²) in [6.07, 6.45) is 4.13. The maximum atomic E-state index is 15.3. The molecule has 1 unspecified atom stereocenters. The summed E-state index contributed by atoms with van der Waals surface area (Å²) in [5, 5.41) is 7.95. The Hall–Kier alpha value is -2.86. The molecule has 2 aliphatic rings. The number of thiol groups is 1. The van der Waals surface area contributed by atoms with Gasteiger partial charge < -0.3 is 9.88 Å². The van der Waals surface area contributed by atoms with E-state index in [0.717, 1.165) is 44.7 Å². The molecule has 0 bridgehead atoms. The van der Waals surface area contributed by atoms with Crippen LogP contribution in [0.4, 0.5) is 23.5 Å². The van der Waals surface area contributed by atoms with E-state index in [9.17, 15) is 13.2 Å². The van der Waals surface area contributed by atoms with Crippen molar-refractivity contribution >= 4 is 35.1 Å². The van der Waals surface area contributed by atoms with E-state index in [-0.39, 0.29) is 33.1 Å². The van der Waals surface area contributed by atoms with Crippen molar-refractivity contribution in [2.24, 2.45) is 5.92 Å². The van der Waals surface area contributed by atoms with Gasteiger partial charge >= 0.3 is 0 Å². The number of fused-ring (bicyclic) bond motifs is 2. The minimum absolute atomic E-state index is 0.0178. The molecule has 12 heteroatoms. The van der Waals surface area contributed by atoms with E-state index in [1.165, 1.54) is 27.8 Å². The highest BCUT2D eigenvalue weighted by Gasteiger charge is 2.42. The summed E-state index contributed by atoms with van der Waals surface area (Å²) in [6, 6.07) is 2.80. The highest BCUT2D eigenvalue weighted by atomic mass is 32.1. The van der Waals surface area contributed by atoms with Crippen LogP contribution in [0.3, 0.4) is 0 Å². The zero-order valence-corrected chi connectivity index (χ0v) is 22.0. The minimum Gasteiger partial charge on any atom is -0.350 e. The monoisotopic (exact) mass is 547 g/mol. The molecule has 7 nitrogen and oxygen atoms in total.